The summed E-state index contributed by atoms with van der Waals surface area (Å²) < 4.78 is 34.6. The molecule has 0 aromatic heterocycles. The van der Waals surface area contributed by atoms with E-state index in [0.29, 0.717) is 24.2 Å². The number of carbonyl (C=O) groups excluding carboxylic acids is 2. The third kappa shape index (κ3) is 5.56. The molecule has 0 saturated carbocycles. The Morgan fingerprint density at radius 3 is 2.32 bits per heavy atom. The van der Waals surface area contributed by atoms with Crippen LogP contribution >= 0.6 is 0 Å². The molecule has 194 valence electrons. The van der Waals surface area contributed by atoms with Crippen LogP contribution in [0.1, 0.15) is 24.0 Å². The van der Waals surface area contributed by atoms with E-state index in [9.17, 15) is 18.0 Å². The van der Waals surface area contributed by atoms with Crippen molar-refractivity contribution in [1.29, 1.82) is 5.41 Å². The molecule has 0 spiro atoms. The number of nitrogen functional groups attached to an aromatic ring is 1. The first-order valence-electron chi connectivity index (χ1n) is 11.9. The van der Waals surface area contributed by atoms with Crippen molar-refractivity contribution in [2.24, 2.45) is 11.1 Å². The number of nitrogens with two attached hydrogens (primary N) is 1. The summed E-state index contributed by atoms with van der Waals surface area (Å²) in [5.74, 6) is -1.29. The number of esters is 1. The Bertz CT molecular complexity index is 1430. The quantitative estimate of drug-likeness (QED) is 0.145. The van der Waals surface area contributed by atoms with Gasteiger partial charge in [0.05, 0.1) is 18.0 Å². The monoisotopic (exact) mass is 522 g/mol. The SMILES string of the molecule is COC(=O)C1(C(=O)[C@H](Cc2ccc(C(=N)N)cc2)NS(=O)(=O)c2ccc3ccccc3c2)CCNCC1. The van der Waals surface area contributed by atoms with Crippen LogP contribution in [0.25, 0.3) is 10.8 Å². The van der Waals surface area contributed by atoms with Crippen molar-refractivity contribution in [3.8, 4) is 0 Å². The van der Waals surface area contributed by atoms with Crippen molar-refractivity contribution >= 4 is 38.4 Å². The van der Waals surface area contributed by atoms with Crippen molar-refractivity contribution in [2.75, 3.05) is 20.2 Å². The lowest BCUT2D eigenvalue weighted by atomic mass is 9.72. The number of methoxy groups -OCH3 is 1. The van der Waals surface area contributed by atoms with Crippen LogP contribution in [0.4, 0.5) is 0 Å². The summed E-state index contributed by atoms with van der Waals surface area (Å²) >= 11 is 0. The minimum Gasteiger partial charge on any atom is -0.468 e. The van der Waals surface area contributed by atoms with Crippen molar-refractivity contribution in [1.82, 2.24) is 10.0 Å². The first-order valence-corrected chi connectivity index (χ1v) is 13.4. The molecule has 5 N–H and O–H groups in total. The number of ketones is 1. The average Bonchev–Trinajstić information content (AvgIpc) is 2.92. The Hall–Kier alpha value is -3.60. The molecule has 1 fully saturated rings. The summed E-state index contributed by atoms with van der Waals surface area (Å²) in [4.78, 5) is 26.9. The number of sulfonamides is 1. The summed E-state index contributed by atoms with van der Waals surface area (Å²) in [5.41, 5.74) is 5.24. The fourth-order valence-electron chi connectivity index (χ4n) is 4.77. The van der Waals surface area contributed by atoms with E-state index in [1.54, 1.807) is 36.4 Å². The van der Waals surface area contributed by atoms with E-state index >= 15 is 0 Å². The summed E-state index contributed by atoms with van der Waals surface area (Å²) in [6.45, 7) is 0.858. The maximum Gasteiger partial charge on any atom is 0.319 e. The smallest absolute Gasteiger partial charge is 0.319 e. The van der Waals surface area contributed by atoms with Crippen molar-refractivity contribution in [3.63, 3.8) is 0 Å². The molecular formula is C27H30N4O5S. The number of benzene rings is 3. The van der Waals surface area contributed by atoms with E-state index in [1.807, 2.05) is 24.3 Å². The second kappa shape index (κ2) is 10.8. The van der Waals surface area contributed by atoms with Crippen LogP contribution in [0, 0.1) is 10.8 Å². The van der Waals surface area contributed by atoms with Gasteiger partial charge in [-0.15, -0.1) is 0 Å². The molecule has 3 aromatic carbocycles. The molecule has 1 aliphatic rings. The zero-order valence-corrected chi connectivity index (χ0v) is 21.3. The van der Waals surface area contributed by atoms with Crippen molar-refractivity contribution < 1.29 is 22.7 Å². The van der Waals surface area contributed by atoms with Gasteiger partial charge >= 0.3 is 5.97 Å². The number of amidine groups is 1. The number of ether oxygens (including phenoxy) is 1. The van der Waals surface area contributed by atoms with Gasteiger partial charge in [-0.2, -0.15) is 0 Å². The second-order valence-electron chi connectivity index (χ2n) is 9.19. The van der Waals surface area contributed by atoms with Gasteiger partial charge in [-0.1, -0.05) is 54.6 Å². The molecule has 3 aromatic rings. The molecule has 10 heteroatoms. The predicted molar refractivity (Wildman–Crippen MR) is 141 cm³/mol. The zero-order valence-electron chi connectivity index (χ0n) is 20.5. The fourth-order valence-corrected chi connectivity index (χ4v) is 6.00. The molecule has 1 saturated heterocycles. The van der Waals surface area contributed by atoms with Gasteiger partial charge in [0.1, 0.15) is 11.3 Å². The molecule has 0 amide bonds. The van der Waals surface area contributed by atoms with E-state index in [4.69, 9.17) is 15.9 Å². The molecule has 0 bridgehead atoms. The van der Waals surface area contributed by atoms with Crippen LogP contribution < -0.4 is 15.8 Å². The van der Waals surface area contributed by atoms with Crippen LogP contribution in [0.2, 0.25) is 0 Å². The highest BCUT2D eigenvalue weighted by Crippen LogP contribution is 2.34. The van der Waals surface area contributed by atoms with Crippen LogP contribution in [0.5, 0.6) is 0 Å². The molecular weight excluding hydrogens is 492 g/mol. The van der Waals surface area contributed by atoms with E-state index in [0.717, 1.165) is 10.8 Å². The lowest BCUT2D eigenvalue weighted by Crippen LogP contribution is -2.56. The van der Waals surface area contributed by atoms with Crippen LogP contribution in [0.15, 0.2) is 71.6 Å². The van der Waals surface area contributed by atoms with Gasteiger partial charge in [-0.3, -0.25) is 15.0 Å². The molecule has 9 nitrogen and oxygen atoms in total. The number of nitrogens with one attached hydrogen (secondary N) is 3. The number of piperidine rings is 1. The molecule has 37 heavy (non-hydrogen) atoms. The van der Waals surface area contributed by atoms with Gasteiger partial charge in [0.25, 0.3) is 0 Å². The van der Waals surface area contributed by atoms with Gasteiger partial charge in [0, 0.05) is 5.56 Å². The Labute approximate surface area is 216 Å². The average molecular weight is 523 g/mol. The molecule has 1 heterocycles. The van der Waals surface area contributed by atoms with E-state index < -0.39 is 33.2 Å². The van der Waals surface area contributed by atoms with Gasteiger partial charge < -0.3 is 15.8 Å². The lowest BCUT2D eigenvalue weighted by molar-refractivity contribution is -0.160. The zero-order chi connectivity index (χ0) is 26.6. The fraction of sp³-hybridized carbons (Fsp3) is 0.296. The van der Waals surface area contributed by atoms with Crippen LogP contribution in [-0.2, 0) is 30.8 Å². The number of Topliss-reactive ketones (excluding diaryl/α,β-unsaturated/α-hetero) is 1. The number of carbonyl (C=O) groups is 2. The highest BCUT2D eigenvalue weighted by molar-refractivity contribution is 7.89. The summed E-state index contributed by atoms with van der Waals surface area (Å²) in [6, 6.07) is 17.6. The van der Waals surface area contributed by atoms with Crippen LogP contribution in [0.3, 0.4) is 0 Å². The molecule has 4 rings (SSSR count). The number of hydrogen-bond acceptors (Lipinski definition) is 7. The largest absolute Gasteiger partial charge is 0.468 e. The number of rotatable bonds is 9. The Morgan fingerprint density at radius 1 is 1.05 bits per heavy atom. The minimum absolute atomic E-state index is 0.00992. The maximum atomic E-state index is 14.0. The maximum absolute atomic E-state index is 14.0. The van der Waals surface area contributed by atoms with Gasteiger partial charge in [-0.05, 0) is 60.8 Å². The normalized spacial score (nSPS) is 16.1. The Morgan fingerprint density at radius 2 is 1.70 bits per heavy atom. The van der Waals surface area contributed by atoms with Crippen molar-refractivity contribution in [3.05, 3.63) is 77.9 Å². The number of fused-ring (bicyclic) bond motifs is 1. The minimum atomic E-state index is -4.13. The third-order valence-electron chi connectivity index (χ3n) is 6.85. The lowest BCUT2D eigenvalue weighted by Gasteiger charge is -2.36. The Balaban J connectivity index is 1.72. The Kier molecular flexibility index (Phi) is 7.72. The first-order chi connectivity index (χ1) is 17.7. The van der Waals surface area contributed by atoms with E-state index in [1.165, 1.54) is 13.2 Å². The highest BCUT2D eigenvalue weighted by Gasteiger charge is 2.50. The van der Waals surface area contributed by atoms with Gasteiger partial charge in [0.2, 0.25) is 10.0 Å². The third-order valence-corrected chi connectivity index (χ3v) is 8.32. The molecule has 1 atom stereocenters. The highest BCUT2D eigenvalue weighted by atomic mass is 32.2. The topological polar surface area (TPSA) is 151 Å². The summed E-state index contributed by atoms with van der Waals surface area (Å²) in [6.07, 6.45) is 0.419. The van der Waals surface area contributed by atoms with E-state index in [-0.39, 0.29) is 30.0 Å². The summed E-state index contributed by atoms with van der Waals surface area (Å²) in [5, 5.41) is 12.4. The first kappa shape index (κ1) is 26.5. The molecule has 1 aliphatic heterocycles. The second-order valence-corrected chi connectivity index (χ2v) is 10.9. The molecule has 0 aliphatic carbocycles. The standard InChI is InChI=1S/C27H30N4O5S/c1-36-26(33)27(12-14-30-15-13-27)24(32)23(16-18-6-8-20(9-7-18)25(28)29)31-37(34,35)22-11-10-19-4-2-3-5-21(19)17-22/h2-11,17,23,30-31H,12-16H2,1H3,(H3,28,29)/t23-/m0/s1. The number of hydrogen-bond donors (Lipinski definition) is 4. The predicted octanol–water partition coefficient (Wildman–Crippen LogP) is 2.13. The van der Waals surface area contributed by atoms with Crippen molar-refractivity contribution in [2.45, 2.75) is 30.2 Å². The van der Waals surface area contributed by atoms with E-state index in [2.05, 4.69) is 10.0 Å². The van der Waals surface area contributed by atoms with Gasteiger partial charge in [-0.25, -0.2) is 13.1 Å². The van der Waals surface area contributed by atoms with Gasteiger partial charge in [0.15, 0.2) is 5.78 Å². The molecule has 0 unspecified atom stereocenters. The van der Waals surface area contributed by atoms with Crippen LogP contribution in [-0.4, -0.2) is 52.2 Å². The molecule has 0 radical (unpaired) electrons. The summed E-state index contributed by atoms with van der Waals surface area (Å²) in [7, 11) is -2.90.